The van der Waals surface area contributed by atoms with Crippen LogP contribution in [0.3, 0.4) is 0 Å². The van der Waals surface area contributed by atoms with Gasteiger partial charge in [0.05, 0.1) is 11.9 Å². The second-order valence-electron chi connectivity index (χ2n) is 9.97. The lowest BCUT2D eigenvalue weighted by atomic mass is 9.97. The number of pyridine rings is 1. The molecule has 1 N–H and O–H groups in total. The van der Waals surface area contributed by atoms with E-state index in [-0.39, 0.29) is 11.9 Å². The van der Waals surface area contributed by atoms with Crippen molar-refractivity contribution in [1.29, 1.82) is 0 Å². The standard InChI is InChI=1S/C30H25N9OS/c1-16-18(3)41-30-25(16)26(34-17(2)27-37-36-19(4)39(27)30)21-8-6-20(7-9-21)22-10-12-31-24(14-22)35-29(40)23-15-33-38-13-5-11-32-28(23)38/h5-15,17H,1-4H3,(H,31,35,40)/t17-/m0/s1. The molecule has 10 nitrogen and oxygen atoms in total. The molecule has 41 heavy (non-hydrogen) atoms. The number of benzene rings is 1. The second kappa shape index (κ2) is 9.56. The molecular formula is C30H25N9OS. The smallest absolute Gasteiger partial charge is 0.262 e. The molecule has 7 rings (SSSR count). The summed E-state index contributed by atoms with van der Waals surface area (Å²) in [6.07, 6.45) is 6.57. The number of rotatable bonds is 4. The minimum absolute atomic E-state index is 0.139. The summed E-state index contributed by atoms with van der Waals surface area (Å²) in [6, 6.07) is 13.7. The predicted molar refractivity (Wildman–Crippen MR) is 158 cm³/mol. The second-order valence-corrected chi connectivity index (χ2v) is 11.2. The van der Waals surface area contributed by atoms with Crippen LogP contribution in [0.4, 0.5) is 5.82 Å². The molecule has 0 spiro atoms. The molecule has 0 fully saturated rings. The van der Waals surface area contributed by atoms with Crippen molar-refractivity contribution in [2.75, 3.05) is 5.32 Å². The summed E-state index contributed by atoms with van der Waals surface area (Å²) < 4.78 is 3.71. The zero-order chi connectivity index (χ0) is 28.2. The Morgan fingerprint density at radius 3 is 2.61 bits per heavy atom. The zero-order valence-corrected chi connectivity index (χ0v) is 23.6. The van der Waals surface area contributed by atoms with E-state index in [9.17, 15) is 4.79 Å². The predicted octanol–water partition coefficient (Wildman–Crippen LogP) is 5.52. The van der Waals surface area contributed by atoms with E-state index in [1.807, 2.05) is 19.1 Å². The first-order valence-electron chi connectivity index (χ1n) is 13.2. The molecule has 1 amide bonds. The maximum absolute atomic E-state index is 13.0. The number of amides is 1. The summed E-state index contributed by atoms with van der Waals surface area (Å²) in [5.74, 6) is 1.84. The van der Waals surface area contributed by atoms with E-state index in [4.69, 9.17) is 4.99 Å². The van der Waals surface area contributed by atoms with E-state index in [1.54, 1.807) is 40.5 Å². The van der Waals surface area contributed by atoms with Crippen LogP contribution in [0.2, 0.25) is 0 Å². The number of aryl methyl sites for hydroxylation is 2. The number of carbonyl (C=O) groups is 1. The van der Waals surface area contributed by atoms with Crippen LogP contribution in [0, 0.1) is 20.8 Å². The minimum atomic E-state index is -0.318. The Labute approximate surface area is 239 Å². The molecule has 202 valence electrons. The Bertz CT molecular complexity index is 2000. The monoisotopic (exact) mass is 559 g/mol. The molecular weight excluding hydrogens is 534 g/mol. The molecule has 11 heteroatoms. The fourth-order valence-corrected chi connectivity index (χ4v) is 6.36. The average molecular weight is 560 g/mol. The van der Waals surface area contributed by atoms with Gasteiger partial charge in [-0.3, -0.25) is 14.4 Å². The molecule has 1 atom stereocenters. The highest BCUT2D eigenvalue weighted by Gasteiger charge is 2.29. The largest absolute Gasteiger partial charge is 0.306 e. The van der Waals surface area contributed by atoms with Gasteiger partial charge in [-0.2, -0.15) is 5.10 Å². The van der Waals surface area contributed by atoms with Gasteiger partial charge in [-0.25, -0.2) is 14.5 Å². The Balaban J connectivity index is 1.20. The van der Waals surface area contributed by atoms with Gasteiger partial charge in [0.15, 0.2) is 11.5 Å². The van der Waals surface area contributed by atoms with Crippen molar-refractivity contribution in [3.63, 3.8) is 0 Å². The number of carbonyl (C=O) groups excluding carboxylic acids is 1. The van der Waals surface area contributed by atoms with Crippen molar-refractivity contribution in [1.82, 2.24) is 34.3 Å². The van der Waals surface area contributed by atoms with Gasteiger partial charge in [0, 0.05) is 34.6 Å². The number of fused-ring (bicyclic) bond motifs is 4. The molecule has 0 saturated heterocycles. The molecule has 1 aliphatic heterocycles. The Morgan fingerprint density at radius 2 is 1.78 bits per heavy atom. The Kier molecular flexibility index (Phi) is 5.82. The number of thiophene rings is 1. The van der Waals surface area contributed by atoms with E-state index in [0.717, 1.165) is 44.6 Å². The molecule has 0 saturated carbocycles. The first kappa shape index (κ1) is 25.0. The summed E-state index contributed by atoms with van der Waals surface area (Å²) in [5.41, 5.74) is 7.13. The summed E-state index contributed by atoms with van der Waals surface area (Å²) in [7, 11) is 0. The van der Waals surface area contributed by atoms with E-state index in [0.29, 0.717) is 17.0 Å². The van der Waals surface area contributed by atoms with Crippen LogP contribution >= 0.6 is 11.3 Å². The summed E-state index contributed by atoms with van der Waals surface area (Å²) in [6.45, 7) is 8.34. The third-order valence-electron chi connectivity index (χ3n) is 7.37. The molecule has 0 bridgehead atoms. The molecule has 1 aliphatic rings. The van der Waals surface area contributed by atoms with Crippen molar-refractivity contribution >= 4 is 34.4 Å². The van der Waals surface area contributed by atoms with Crippen LogP contribution in [0.5, 0.6) is 0 Å². The van der Waals surface area contributed by atoms with E-state index in [1.165, 1.54) is 16.6 Å². The van der Waals surface area contributed by atoms with Crippen molar-refractivity contribution in [3.05, 3.63) is 106 Å². The van der Waals surface area contributed by atoms with Gasteiger partial charge in [0.1, 0.15) is 28.2 Å². The minimum Gasteiger partial charge on any atom is -0.306 e. The van der Waals surface area contributed by atoms with Crippen LogP contribution in [-0.4, -0.2) is 46.0 Å². The first-order valence-corrected chi connectivity index (χ1v) is 14.0. The number of nitrogens with one attached hydrogen (secondary N) is 1. The van der Waals surface area contributed by atoms with E-state index < -0.39 is 0 Å². The van der Waals surface area contributed by atoms with Crippen molar-refractivity contribution in [2.45, 2.75) is 33.7 Å². The van der Waals surface area contributed by atoms with Crippen LogP contribution in [0.25, 0.3) is 21.8 Å². The highest BCUT2D eigenvalue weighted by Crippen LogP contribution is 2.38. The number of hydrogen-bond acceptors (Lipinski definition) is 8. The Morgan fingerprint density at radius 1 is 0.976 bits per heavy atom. The lowest BCUT2D eigenvalue weighted by Gasteiger charge is -2.11. The van der Waals surface area contributed by atoms with Crippen molar-refractivity contribution < 1.29 is 4.79 Å². The lowest BCUT2D eigenvalue weighted by molar-refractivity contribution is 0.102. The number of nitrogens with zero attached hydrogens (tertiary/aromatic N) is 8. The van der Waals surface area contributed by atoms with Crippen LogP contribution in [0.1, 0.15) is 56.5 Å². The summed E-state index contributed by atoms with van der Waals surface area (Å²) in [4.78, 5) is 28.0. The fraction of sp³-hybridized carbons (Fsp3) is 0.167. The van der Waals surface area contributed by atoms with Crippen molar-refractivity contribution in [3.8, 4) is 16.1 Å². The quantitative estimate of drug-likeness (QED) is 0.304. The highest BCUT2D eigenvalue weighted by atomic mass is 32.1. The Hall–Kier alpha value is -5.03. The molecule has 1 aromatic carbocycles. The average Bonchev–Trinajstić information content (AvgIpc) is 3.65. The molecule has 5 aromatic heterocycles. The fourth-order valence-electron chi connectivity index (χ4n) is 5.15. The van der Waals surface area contributed by atoms with Crippen LogP contribution < -0.4 is 5.32 Å². The number of aliphatic imine (C=N–C) groups is 1. The SMILES string of the molecule is Cc1sc2c(c1C)C(c1ccc(-c3ccnc(NC(=O)c4cnn5cccnc45)c3)cc1)=N[C@@H](C)c1nnc(C)n1-2. The van der Waals surface area contributed by atoms with Crippen LogP contribution in [0.15, 0.2) is 72.2 Å². The van der Waals surface area contributed by atoms with Crippen molar-refractivity contribution in [2.24, 2.45) is 4.99 Å². The summed E-state index contributed by atoms with van der Waals surface area (Å²) in [5, 5.41) is 17.0. The van der Waals surface area contributed by atoms with Gasteiger partial charge < -0.3 is 5.32 Å². The molecule has 0 unspecified atom stereocenters. The molecule has 0 radical (unpaired) electrons. The lowest BCUT2D eigenvalue weighted by Crippen LogP contribution is -2.13. The van der Waals surface area contributed by atoms with Gasteiger partial charge in [0.25, 0.3) is 5.91 Å². The topological polar surface area (TPSA) is 115 Å². The van der Waals surface area contributed by atoms with Gasteiger partial charge in [0.2, 0.25) is 0 Å². The van der Waals surface area contributed by atoms with Gasteiger partial charge in [-0.15, -0.1) is 21.5 Å². The number of aromatic nitrogens is 7. The van der Waals surface area contributed by atoms with Crippen LogP contribution in [-0.2, 0) is 0 Å². The summed E-state index contributed by atoms with van der Waals surface area (Å²) >= 11 is 1.75. The number of anilines is 1. The highest BCUT2D eigenvalue weighted by molar-refractivity contribution is 7.15. The molecule has 6 aromatic rings. The van der Waals surface area contributed by atoms with E-state index >= 15 is 0 Å². The maximum Gasteiger partial charge on any atom is 0.262 e. The molecule has 0 aliphatic carbocycles. The van der Waals surface area contributed by atoms with Gasteiger partial charge in [-0.1, -0.05) is 24.3 Å². The first-order chi connectivity index (χ1) is 19.9. The maximum atomic E-state index is 13.0. The number of hydrogen-bond donors (Lipinski definition) is 1. The third-order valence-corrected chi connectivity index (χ3v) is 8.56. The zero-order valence-electron chi connectivity index (χ0n) is 22.8. The van der Waals surface area contributed by atoms with Gasteiger partial charge in [-0.05, 0) is 62.6 Å². The molecule has 6 heterocycles. The third kappa shape index (κ3) is 4.13. The van der Waals surface area contributed by atoms with E-state index in [2.05, 4.69) is 80.2 Å². The van der Waals surface area contributed by atoms with Gasteiger partial charge >= 0.3 is 0 Å². The normalized spacial score (nSPS) is 14.3.